The molecular weight excluding hydrogens is 332 g/mol. The lowest BCUT2D eigenvalue weighted by molar-refractivity contribution is -0.123. The van der Waals surface area contributed by atoms with Gasteiger partial charge in [-0.3, -0.25) is 9.59 Å². The van der Waals surface area contributed by atoms with Gasteiger partial charge in [0.25, 0.3) is 0 Å². The number of methoxy groups -OCH3 is 2. The average molecular weight is 356 g/mol. The van der Waals surface area contributed by atoms with Gasteiger partial charge in [0.15, 0.2) is 11.5 Å². The Morgan fingerprint density at radius 1 is 1.00 bits per heavy atom. The highest BCUT2D eigenvalue weighted by Crippen LogP contribution is 2.31. The fraction of sp³-hybridized carbons (Fsp3) is 0.300. The quantitative estimate of drug-likeness (QED) is 0.789. The first-order chi connectivity index (χ1) is 12.5. The molecule has 1 N–H and O–H groups in total. The summed E-state index contributed by atoms with van der Waals surface area (Å²) in [5.74, 6) is 0.620. The van der Waals surface area contributed by atoms with Crippen LogP contribution in [0.15, 0.2) is 48.5 Å². The number of rotatable bonds is 8. The van der Waals surface area contributed by atoms with Crippen molar-refractivity contribution in [2.24, 2.45) is 0 Å². The van der Waals surface area contributed by atoms with Gasteiger partial charge in [-0.2, -0.15) is 0 Å². The highest BCUT2D eigenvalue weighted by atomic mass is 16.5. The van der Waals surface area contributed by atoms with Crippen LogP contribution in [0.2, 0.25) is 0 Å². The number of anilines is 1. The van der Waals surface area contributed by atoms with Crippen molar-refractivity contribution in [3.63, 3.8) is 0 Å². The Kier molecular flexibility index (Phi) is 7.02. The minimum atomic E-state index is -0.226. The third-order valence-corrected chi connectivity index (χ3v) is 3.94. The molecule has 0 unspecified atom stereocenters. The maximum Gasteiger partial charge on any atom is 0.240 e. The van der Waals surface area contributed by atoms with Crippen LogP contribution in [0.4, 0.5) is 5.69 Å². The predicted octanol–water partition coefficient (Wildman–Crippen LogP) is 2.42. The topological polar surface area (TPSA) is 67.9 Å². The lowest BCUT2D eigenvalue weighted by Gasteiger charge is -2.22. The Bertz CT molecular complexity index is 747. The van der Waals surface area contributed by atoms with Crippen LogP contribution in [-0.4, -0.2) is 39.1 Å². The van der Waals surface area contributed by atoms with Gasteiger partial charge in [0.05, 0.1) is 14.2 Å². The van der Waals surface area contributed by atoms with Crippen molar-refractivity contribution in [1.82, 2.24) is 5.32 Å². The zero-order valence-electron chi connectivity index (χ0n) is 15.3. The summed E-state index contributed by atoms with van der Waals surface area (Å²) in [6.07, 6.45) is 0.739. The van der Waals surface area contributed by atoms with Gasteiger partial charge in [-0.15, -0.1) is 0 Å². The molecule has 0 aliphatic rings. The van der Waals surface area contributed by atoms with Crippen molar-refractivity contribution in [3.05, 3.63) is 54.1 Å². The molecule has 0 spiro atoms. The number of nitrogens with zero attached hydrogens (tertiary/aromatic N) is 1. The summed E-state index contributed by atoms with van der Waals surface area (Å²) in [5.41, 5.74) is 1.73. The van der Waals surface area contributed by atoms with E-state index in [2.05, 4.69) is 5.32 Å². The molecule has 0 heterocycles. The van der Waals surface area contributed by atoms with Crippen LogP contribution in [-0.2, 0) is 16.0 Å². The van der Waals surface area contributed by atoms with E-state index in [-0.39, 0.29) is 18.4 Å². The lowest BCUT2D eigenvalue weighted by Crippen LogP contribution is -2.40. The van der Waals surface area contributed by atoms with Crippen LogP contribution in [0.5, 0.6) is 11.5 Å². The Hall–Kier alpha value is -3.02. The molecule has 0 aromatic heterocycles. The van der Waals surface area contributed by atoms with Crippen LogP contribution in [0, 0.1) is 0 Å². The van der Waals surface area contributed by atoms with E-state index in [0.29, 0.717) is 23.7 Å². The second-order valence-electron chi connectivity index (χ2n) is 5.73. The Morgan fingerprint density at radius 3 is 2.31 bits per heavy atom. The van der Waals surface area contributed by atoms with Gasteiger partial charge < -0.3 is 19.7 Å². The number of benzene rings is 2. The number of hydrogen-bond acceptors (Lipinski definition) is 4. The van der Waals surface area contributed by atoms with E-state index >= 15 is 0 Å². The number of ether oxygens (including phenoxy) is 2. The number of amides is 2. The zero-order valence-corrected chi connectivity index (χ0v) is 15.3. The van der Waals surface area contributed by atoms with Crippen molar-refractivity contribution in [2.45, 2.75) is 13.3 Å². The molecule has 2 aromatic carbocycles. The standard InChI is InChI=1S/C20H24N2O4/c1-15(23)22(17-9-10-18(25-2)19(13-17)26-3)14-20(24)21-12-11-16-7-5-4-6-8-16/h4-10,13H,11-12,14H2,1-3H3,(H,21,24). The molecule has 0 fully saturated rings. The summed E-state index contributed by atoms with van der Waals surface area (Å²) in [6.45, 7) is 1.88. The molecule has 6 heteroatoms. The normalized spacial score (nSPS) is 10.1. The Morgan fingerprint density at radius 2 is 1.69 bits per heavy atom. The van der Waals surface area contributed by atoms with E-state index in [4.69, 9.17) is 9.47 Å². The number of carbonyl (C=O) groups excluding carboxylic acids is 2. The molecule has 6 nitrogen and oxygen atoms in total. The summed E-state index contributed by atoms with van der Waals surface area (Å²) in [7, 11) is 3.07. The zero-order chi connectivity index (χ0) is 18.9. The second-order valence-corrected chi connectivity index (χ2v) is 5.73. The molecule has 0 aliphatic carbocycles. The smallest absolute Gasteiger partial charge is 0.240 e. The molecule has 2 amide bonds. The number of nitrogens with one attached hydrogen (secondary N) is 1. The van der Waals surface area contributed by atoms with Crippen LogP contribution in [0.25, 0.3) is 0 Å². The molecule has 0 atom stereocenters. The van der Waals surface area contributed by atoms with Crippen LogP contribution in [0.3, 0.4) is 0 Å². The Labute approximate surface area is 153 Å². The summed E-state index contributed by atoms with van der Waals surface area (Å²) < 4.78 is 10.5. The number of hydrogen-bond donors (Lipinski definition) is 1. The van der Waals surface area contributed by atoms with Gasteiger partial charge >= 0.3 is 0 Å². The first kappa shape index (κ1) is 19.3. The van der Waals surface area contributed by atoms with Crippen molar-refractivity contribution in [1.29, 1.82) is 0 Å². The molecule has 138 valence electrons. The Balaban J connectivity index is 1.99. The minimum Gasteiger partial charge on any atom is -0.493 e. The SMILES string of the molecule is COc1ccc(N(CC(=O)NCCc2ccccc2)C(C)=O)cc1OC. The van der Waals surface area contributed by atoms with Crippen molar-refractivity contribution in [2.75, 3.05) is 32.2 Å². The molecule has 0 radical (unpaired) electrons. The number of carbonyl (C=O) groups is 2. The van der Waals surface area contributed by atoms with E-state index in [1.807, 2.05) is 30.3 Å². The van der Waals surface area contributed by atoms with Crippen LogP contribution >= 0.6 is 0 Å². The first-order valence-corrected chi connectivity index (χ1v) is 8.36. The first-order valence-electron chi connectivity index (χ1n) is 8.36. The van der Waals surface area contributed by atoms with Crippen molar-refractivity contribution >= 4 is 17.5 Å². The largest absolute Gasteiger partial charge is 0.493 e. The third-order valence-electron chi connectivity index (χ3n) is 3.94. The molecule has 2 aromatic rings. The average Bonchev–Trinajstić information content (AvgIpc) is 2.66. The highest BCUT2D eigenvalue weighted by Gasteiger charge is 2.17. The van der Waals surface area contributed by atoms with E-state index < -0.39 is 0 Å². The van der Waals surface area contributed by atoms with E-state index in [1.54, 1.807) is 25.3 Å². The maximum atomic E-state index is 12.2. The van der Waals surface area contributed by atoms with Gasteiger partial charge in [-0.1, -0.05) is 30.3 Å². The monoisotopic (exact) mass is 356 g/mol. The van der Waals surface area contributed by atoms with Gasteiger partial charge in [0.1, 0.15) is 6.54 Å². The minimum absolute atomic E-state index is 0.0559. The van der Waals surface area contributed by atoms with Gasteiger partial charge in [-0.05, 0) is 24.1 Å². The van der Waals surface area contributed by atoms with E-state index in [1.165, 1.54) is 18.9 Å². The van der Waals surface area contributed by atoms with E-state index in [0.717, 1.165) is 12.0 Å². The summed E-state index contributed by atoms with van der Waals surface area (Å²) in [6, 6.07) is 15.0. The third kappa shape index (κ3) is 5.24. The van der Waals surface area contributed by atoms with Gasteiger partial charge in [-0.25, -0.2) is 0 Å². The van der Waals surface area contributed by atoms with E-state index in [9.17, 15) is 9.59 Å². The van der Waals surface area contributed by atoms with Crippen LogP contribution in [0.1, 0.15) is 12.5 Å². The van der Waals surface area contributed by atoms with Gasteiger partial charge in [0, 0.05) is 25.2 Å². The molecule has 26 heavy (non-hydrogen) atoms. The maximum absolute atomic E-state index is 12.2. The molecule has 0 bridgehead atoms. The fourth-order valence-electron chi connectivity index (χ4n) is 2.57. The lowest BCUT2D eigenvalue weighted by atomic mass is 10.1. The summed E-state index contributed by atoms with van der Waals surface area (Å²) >= 11 is 0. The molecule has 2 rings (SSSR count). The summed E-state index contributed by atoms with van der Waals surface area (Å²) in [5, 5.41) is 2.85. The van der Waals surface area contributed by atoms with Crippen molar-refractivity contribution < 1.29 is 19.1 Å². The molecule has 0 aliphatic heterocycles. The molecule has 0 saturated carbocycles. The summed E-state index contributed by atoms with van der Waals surface area (Å²) in [4.78, 5) is 25.6. The molecule has 0 saturated heterocycles. The second kappa shape index (κ2) is 9.46. The highest BCUT2D eigenvalue weighted by molar-refractivity contribution is 5.97. The molecular formula is C20H24N2O4. The predicted molar refractivity (Wildman–Crippen MR) is 101 cm³/mol. The van der Waals surface area contributed by atoms with Crippen LogP contribution < -0.4 is 19.7 Å². The fourth-order valence-corrected chi connectivity index (χ4v) is 2.57. The van der Waals surface area contributed by atoms with Crippen molar-refractivity contribution in [3.8, 4) is 11.5 Å². The van der Waals surface area contributed by atoms with Gasteiger partial charge in [0.2, 0.25) is 11.8 Å².